The van der Waals surface area contributed by atoms with Crippen molar-refractivity contribution < 1.29 is 4.39 Å². The van der Waals surface area contributed by atoms with Gasteiger partial charge in [-0.3, -0.25) is 5.14 Å². The Morgan fingerprint density at radius 3 is 2.70 bits per heavy atom. The zero-order valence-corrected chi connectivity index (χ0v) is 15.2. The van der Waals surface area contributed by atoms with E-state index in [4.69, 9.17) is 28.3 Å². The number of fused-ring (bicyclic) bond motifs is 1. The van der Waals surface area contributed by atoms with Crippen molar-refractivity contribution in [1.82, 2.24) is 0 Å². The lowest BCUT2D eigenvalue weighted by Crippen LogP contribution is -2.28. The first-order valence-corrected chi connectivity index (χ1v) is 8.85. The van der Waals surface area contributed by atoms with Gasteiger partial charge in [0.15, 0.2) is 0 Å². The summed E-state index contributed by atoms with van der Waals surface area (Å²) in [6.45, 7) is 5.73. The van der Waals surface area contributed by atoms with Gasteiger partial charge >= 0.3 is 0 Å². The lowest BCUT2D eigenvalue weighted by molar-refractivity contribution is 0.548. The molecule has 3 rings (SSSR count). The fourth-order valence-corrected chi connectivity index (χ4v) is 3.92. The number of hydrogen-bond acceptors (Lipinski definition) is 3. The predicted octanol–water partition coefficient (Wildman–Crippen LogP) is 5.40. The molecule has 2 aromatic rings. The van der Waals surface area contributed by atoms with Crippen molar-refractivity contribution in [2.75, 3.05) is 11.4 Å². The minimum absolute atomic E-state index is 0.0156. The molecule has 0 aliphatic carbocycles. The first kappa shape index (κ1) is 16.9. The number of rotatable bonds is 3. The predicted molar refractivity (Wildman–Crippen MR) is 97.0 cm³/mol. The maximum absolute atomic E-state index is 14.0. The summed E-state index contributed by atoms with van der Waals surface area (Å²) in [5, 5.41) is 6.70. The van der Waals surface area contributed by atoms with Gasteiger partial charge in [0, 0.05) is 34.2 Å². The maximum Gasteiger partial charge on any atom is 0.138 e. The molecule has 2 nitrogen and oxygen atoms in total. The van der Waals surface area contributed by atoms with Crippen LogP contribution in [0.1, 0.15) is 25.0 Å². The Balaban J connectivity index is 1.95. The van der Waals surface area contributed by atoms with Gasteiger partial charge in [0.25, 0.3) is 0 Å². The number of nitrogens with zero attached hydrogens (tertiary/aromatic N) is 1. The molecule has 0 unspecified atom stereocenters. The molecule has 23 heavy (non-hydrogen) atoms. The van der Waals surface area contributed by atoms with E-state index in [2.05, 4.69) is 18.7 Å². The molecule has 0 amide bonds. The molecule has 0 aromatic heterocycles. The fourth-order valence-electron chi connectivity index (χ4n) is 3.10. The van der Waals surface area contributed by atoms with E-state index in [1.54, 1.807) is 6.07 Å². The Morgan fingerprint density at radius 2 is 2.00 bits per heavy atom. The molecule has 6 heteroatoms. The van der Waals surface area contributed by atoms with Gasteiger partial charge in [-0.1, -0.05) is 37.0 Å². The molecule has 122 valence electrons. The zero-order valence-electron chi connectivity index (χ0n) is 12.9. The van der Waals surface area contributed by atoms with Crippen molar-refractivity contribution in [3.8, 4) is 0 Å². The van der Waals surface area contributed by atoms with E-state index in [1.807, 2.05) is 18.2 Å². The Morgan fingerprint density at radius 1 is 1.26 bits per heavy atom. The van der Waals surface area contributed by atoms with E-state index in [0.29, 0.717) is 16.5 Å². The van der Waals surface area contributed by atoms with Crippen molar-refractivity contribution >= 4 is 40.8 Å². The lowest BCUT2D eigenvalue weighted by atomic mass is 9.87. The number of hydrogen-bond donors (Lipinski definition) is 1. The number of anilines is 1. The summed E-state index contributed by atoms with van der Waals surface area (Å²) in [5.74, 6) is -0.341. The van der Waals surface area contributed by atoms with E-state index >= 15 is 0 Å². The number of nitrogens with two attached hydrogens (primary N) is 1. The quantitative estimate of drug-likeness (QED) is 0.733. The maximum atomic E-state index is 14.0. The van der Waals surface area contributed by atoms with Crippen LogP contribution in [0.15, 0.2) is 35.2 Å². The Labute approximate surface area is 149 Å². The molecule has 0 spiro atoms. The lowest BCUT2D eigenvalue weighted by Gasteiger charge is -2.23. The molecule has 0 saturated heterocycles. The molecule has 1 heterocycles. The molecule has 0 atom stereocenters. The van der Waals surface area contributed by atoms with Crippen LogP contribution in [0.2, 0.25) is 10.0 Å². The van der Waals surface area contributed by atoms with Crippen LogP contribution in [0.3, 0.4) is 0 Å². The van der Waals surface area contributed by atoms with Gasteiger partial charge < -0.3 is 4.90 Å². The van der Waals surface area contributed by atoms with Crippen molar-refractivity contribution in [2.45, 2.75) is 30.7 Å². The van der Waals surface area contributed by atoms with Crippen LogP contribution in [0, 0.1) is 5.82 Å². The Bertz CT molecular complexity index is 764. The van der Waals surface area contributed by atoms with E-state index < -0.39 is 0 Å². The van der Waals surface area contributed by atoms with Gasteiger partial charge in [0.1, 0.15) is 5.82 Å². The third-order valence-corrected chi connectivity index (χ3v) is 5.36. The average molecular weight is 371 g/mol. The van der Waals surface area contributed by atoms with E-state index in [-0.39, 0.29) is 11.2 Å². The second-order valence-electron chi connectivity index (χ2n) is 6.39. The highest BCUT2D eigenvalue weighted by Crippen LogP contribution is 2.42. The SMILES string of the molecule is CC1(C)CN(Cc2cc(F)c(SN)cc2Cl)c2ccc(Cl)cc21. The molecule has 2 N–H and O–H groups in total. The van der Waals surface area contributed by atoms with Gasteiger partial charge in [0.05, 0.1) is 4.90 Å². The molecular weight excluding hydrogens is 354 g/mol. The van der Waals surface area contributed by atoms with Crippen molar-refractivity contribution in [2.24, 2.45) is 5.14 Å². The molecule has 0 bridgehead atoms. The summed E-state index contributed by atoms with van der Waals surface area (Å²) in [5.41, 5.74) is 3.06. The van der Waals surface area contributed by atoms with E-state index in [9.17, 15) is 4.39 Å². The van der Waals surface area contributed by atoms with Crippen LogP contribution in [0.25, 0.3) is 0 Å². The summed E-state index contributed by atoms with van der Waals surface area (Å²) >= 11 is 13.3. The minimum atomic E-state index is -0.341. The topological polar surface area (TPSA) is 29.3 Å². The molecule has 1 aliphatic heterocycles. The monoisotopic (exact) mass is 370 g/mol. The normalized spacial score (nSPS) is 15.8. The molecule has 2 aromatic carbocycles. The first-order valence-electron chi connectivity index (χ1n) is 7.21. The van der Waals surface area contributed by atoms with Gasteiger partial charge in [0.2, 0.25) is 0 Å². The van der Waals surface area contributed by atoms with Crippen LogP contribution in [-0.4, -0.2) is 6.54 Å². The van der Waals surface area contributed by atoms with Crippen molar-refractivity contribution in [3.63, 3.8) is 0 Å². The minimum Gasteiger partial charge on any atom is -0.366 e. The molecule has 0 fully saturated rings. The van der Waals surface area contributed by atoms with E-state index in [1.165, 1.54) is 11.6 Å². The third-order valence-electron chi connectivity index (χ3n) is 4.20. The highest BCUT2D eigenvalue weighted by atomic mass is 35.5. The van der Waals surface area contributed by atoms with E-state index in [0.717, 1.165) is 34.8 Å². The third kappa shape index (κ3) is 3.18. The van der Waals surface area contributed by atoms with Crippen LogP contribution in [0.4, 0.5) is 10.1 Å². The summed E-state index contributed by atoms with van der Waals surface area (Å²) in [6.07, 6.45) is 0. The van der Waals surface area contributed by atoms with Gasteiger partial charge in [-0.2, -0.15) is 0 Å². The second kappa shape index (κ2) is 6.17. The van der Waals surface area contributed by atoms with Crippen LogP contribution in [0.5, 0.6) is 0 Å². The standard InChI is InChI=1S/C17H17Cl2FN2S/c1-17(2)9-22(15-4-3-11(18)6-12(15)17)8-10-5-14(20)16(23-21)7-13(10)19/h3-7H,8-9,21H2,1-2H3. The summed E-state index contributed by atoms with van der Waals surface area (Å²) in [7, 11) is 0. The van der Waals surface area contributed by atoms with Gasteiger partial charge in [-0.15, -0.1) is 0 Å². The van der Waals surface area contributed by atoms with Crippen LogP contribution < -0.4 is 10.0 Å². The van der Waals surface area contributed by atoms with Gasteiger partial charge in [-0.25, -0.2) is 4.39 Å². The van der Waals surface area contributed by atoms with Crippen LogP contribution in [-0.2, 0) is 12.0 Å². The number of benzene rings is 2. The zero-order chi connectivity index (χ0) is 16.8. The molecule has 1 aliphatic rings. The molecule has 0 saturated carbocycles. The fraction of sp³-hybridized carbons (Fsp3) is 0.294. The number of halogens is 3. The van der Waals surface area contributed by atoms with Crippen molar-refractivity contribution in [3.05, 3.63) is 57.3 Å². The largest absolute Gasteiger partial charge is 0.366 e. The van der Waals surface area contributed by atoms with Crippen LogP contribution >= 0.6 is 35.1 Å². The highest BCUT2D eigenvalue weighted by Gasteiger charge is 2.35. The van der Waals surface area contributed by atoms with Gasteiger partial charge in [-0.05, 0) is 53.4 Å². The van der Waals surface area contributed by atoms with Crippen molar-refractivity contribution in [1.29, 1.82) is 0 Å². The summed E-state index contributed by atoms with van der Waals surface area (Å²) < 4.78 is 14.0. The summed E-state index contributed by atoms with van der Waals surface area (Å²) in [4.78, 5) is 2.56. The second-order valence-corrected chi connectivity index (χ2v) is 7.91. The molecular formula is C17H17Cl2FN2S. The summed E-state index contributed by atoms with van der Waals surface area (Å²) in [6, 6.07) is 8.96. The average Bonchev–Trinajstić information content (AvgIpc) is 2.73. The smallest absolute Gasteiger partial charge is 0.138 e. The Hall–Kier alpha value is -0.940. The highest BCUT2D eigenvalue weighted by molar-refractivity contribution is 7.97. The molecule has 0 radical (unpaired) electrons. The first-order chi connectivity index (χ1) is 10.8. The Kier molecular flexibility index (Phi) is 4.53.